The second-order valence-electron chi connectivity index (χ2n) is 5.66. The molecule has 0 unspecified atom stereocenters. The molecule has 3 aromatic rings. The third-order valence-corrected chi connectivity index (χ3v) is 3.81. The largest absolute Gasteiger partial charge is 0.497 e. The van der Waals surface area contributed by atoms with Gasteiger partial charge < -0.3 is 15.4 Å². The maximum absolute atomic E-state index is 12.1. The molecule has 0 saturated heterocycles. The van der Waals surface area contributed by atoms with E-state index in [0.29, 0.717) is 23.7 Å². The molecule has 0 aliphatic carbocycles. The topological polar surface area (TPSA) is 68.2 Å². The van der Waals surface area contributed by atoms with Crippen LogP contribution in [0, 0.1) is 6.92 Å². The number of nitrogens with one attached hydrogen (secondary N) is 2. The zero-order valence-corrected chi connectivity index (χ0v) is 14.2. The van der Waals surface area contributed by atoms with E-state index in [4.69, 9.17) is 4.74 Å². The number of urea groups is 1. The SMILES string of the molecule is COc1cccc(NC(=O)Nc2cnn(Cc3ccccc3C)c2)c1. The number of hydrogen-bond donors (Lipinski definition) is 2. The molecule has 25 heavy (non-hydrogen) atoms. The van der Waals surface area contributed by atoms with Gasteiger partial charge in [0.05, 0.1) is 25.5 Å². The summed E-state index contributed by atoms with van der Waals surface area (Å²) in [5.74, 6) is 0.684. The standard InChI is InChI=1S/C19H20N4O2/c1-14-6-3-4-7-15(14)12-23-13-17(11-20-23)22-19(24)21-16-8-5-9-18(10-16)25-2/h3-11,13H,12H2,1-2H3,(H2,21,22,24). The number of amides is 2. The van der Waals surface area contributed by atoms with Crippen molar-refractivity contribution >= 4 is 17.4 Å². The van der Waals surface area contributed by atoms with Crippen molar-refractivity contribution in [2.45, 2.75) is 13.5 Å². The Labute approximate surface area is 146 Å². The van der Waals surface area contributed by atoms with E-state index in [9.17, 15) is 4.79 Å². The summed E-state index contributed by atoms with van der Waals surface area (Å²) in [6.45, 7) is 2.73. The van der Waals surface area contributed by atoms with Gasteiger partial charge in [0.2, 0.25) is 0 Å². The highest BCUT2D eigenvalue weighted by Gasteiger charge is 2.06. The lowest BCUT2D eigenvalue weighted by Gasteiger charge is -2.07. The molecule has 0 saturated carbocycles. The van der Waals surface area contributed by atoms with Crippen molar-refractivity contribution in [2.24, 2.45) is 0 Å². The number of methoxy groups -OCH3 is 1. The Morgan fingerprint density at radius 3 is 2.72 bits per heavy atom. The number of benzene rings is 2. The van der Waals surface area contributed by atoms with Gasteiger partial charge in [-0.15, -0.1) is 0 Å². The Bertz CT molecular complexity index is 873. The van der Waals surface area contributed by atoms with Crippen LogP contribution in [0.15, 0.2) is 60.9 Å². The van der Waals surface area contributed by atoms with E-state index in [1.807, 2.05) is 24.3 Å². The third-order valence-electron chi connectivity index (χ3n) is 3.81. The van der Waals surface area contributed by atoms with Crippen molar-refractivity contribution < 1.29 is 9.53 Å². The quantitative estimate of drug-likeness (QED) is 0.743. The molecule has 0 radical (unpaired) electrons. The van der Waals surface area contributed by atoms with Gasteiger partial charge in [0.15, 0.2) is 0 Å². The van der Waals surface area contributed by atoms with Gasteiger partial charge in [-0.05, 0) is 30.2 Å². The van der Waals surface area contributed by atoms with E-state index in [-0.39, 0.29) is 6.03 Å². The predicted octanol–water partition coefficient (Wildman–Crippen LogP) is 3.89. The average molecular weight is 336 g/mol. The molecule has 2 aromatic carbocycles. The Hall–Kier alpha value is -3.28. The number of aromatic nitrogens is 2. The number of carbonyl (C=O) groups is 1. The molecule has 0 spiro atoms. The smallest absolute Gasteiger partial charge is 0.323 e. The minimum atomic E-state index is -0.330. The molecule has 6 heteroatoms. The van der Waals surface area contributed by atoms with Crippen molar-refractivity contribution in [3.8, 4) is 5.75 Å². The Morgan fingerprint density at radius 1 is 1.12 bits per heavy atom. The van der Waals surface area contributed by atoms with Gasteiger partial charge in [-0.25, -0.2) is 4.79 Å². The lowest BCUT2D eigenvalue weighted by atomic mass is 10.1. The van der Waals surface area contributed by atoms with Crippen molar-refractivity contribution in [2.75, 3.05) is 17.7 Å². The summed E-state index contributed by atoms with van der Waals surface area (Å²) in [4.78, 5) is 12.1. The molecule has 1 aromatic heterocycles. The number of rotatable bonds is 5. The number of nitrogens with zero attached hydrogens (tertiary/aromatic N) is 2. The van der Waals surface area contributed by atoms with Gasteiger partial charge in [0.25, 0.3) is 0 Å². The average Bonchev–Trinajstić information content (AvgIpc) is 3.04. The predicted molar refractivity (Wildman–Crippen MR) is 98.1 cm³/mol. The molecule has 2 amide bonds. The molecule has 0 aliphatic rings. The van der Waals surface area contributed by atoms with E-state index in [1.54, 1.807) is 36.3 Å². The van der Waals surface area contributed by atoms with Crippen LogP contribution in [0.2, 0.25) is 0 Å². The summed E-state index contributed by atoms with van der Waals surface area (Å²) >= 11 is 0. The van der Waals surface area contributed by atoms with E-state index in [0.717, 1.165) is 0 Å². The maximum atomic E-state index is 12.1. The van der Waals surface area contributed by atoms with Crippen LogP contribution in [0.3, 0.4) is 0 Å². The highest BCUT2D eigenvalue weighted by molar-refractivity contribution is 5.99. The molecule has 1 heterocycles. The van der Waals surface area contributed by atoms with Gasteiger partial charge in [-0.2, -0.15) is 5.10 Å². The van der Waals surface area contributed by atoms with Crippen LogP contribution in [-0.4, -0.2) is 22.9 Å². The van der Waals surface area contributed by atoms with E-state index < -0.39 is 0 Å². The second kappa shape index (κ2) is 7.53. The van der Waals surface area contributed by atoms with Crippen molar-refractivity contribution in [1.29, 1.82) is 0 Å². The third kappa shape index (κ3) is 4.38. The summed E-state index contributed by atoms with van der Waals surface area (Å²) in [5, 5.41) is 9.83. The van der Waals surface area contributed by atoms with Crippen molar-refractivity contribution in [1.82, 2.24) is 9.78 Å². The van der Waals surface area contributed by atoms with E-state index >= 15 is 0 Å². The zero-order valence-electron chi connectivity index (χ0n) is 14.2. The fourth-order valence-electron chi connectivity index (χ4n) is 2.47. The molecule has 0 atom stereocenters. The Balaban J connectivity index is 1.61. The number of anilines is 2. The molecule has 3 rings (SSSR count). The van der Waals surface area contributed by atoms with Crippen LogP contribution >= 0.6 is 0 Å². The Kier molecular flexibility index (Phi) is 4.99. The first-order chi connectivity index (χ1) is 12.1. The van der Waals surface area contributed by atoms with Crippen LogP contribution in [-0.2, 0) is 6.54 Å². The molecular formula is C19H20N4O2. The molecule has 0 bridgehead atoms. The molecule has 0 fully saturated rings. The molecule has 128 valence electrons. The molecule has 0 aliphatic heterocycles. The summed E-state index contributed by atoms with van der Waals surface area (Å²) in [7, 11) is 1.59. The molecular weight excluding hydrogens is 316 g/mol. The van der Waals surface area contributed by atoms with E-state index in [1.165, 1.54) is 11.1 Å². The van der Waals surface area contributed by atoms with Crippen LogP contribution in [0.5, 0.6) is 5.75 Å². The van der Waals surface area contributed by atoms with Gasteiger partial charge in [0.1, 0.15) is 5.75 Å². The maximum Gasteiger partial charge on any atom is 0.323 e. The van der Waals surface area contributed by atoms with Crippen LogP contribution in [0.25, 0.3) is 0 Å². The fourth-order valence-corrected chi connectivity index (χ4v) is 2.47. The first kappa shape index (κ1) is 16.6. The zero-order chi connectivity index (χ0) is 17.6. The minimum Gasteiger partial charge on any atom is -0.497 e. The monoisotopic (exact) mass is 336 g/mol. The summed E-state index contributed by atoms with van der Waals surface area (Å²) in [6.07, 6.45) is 3.43. The lowest BCUT2D eigenvalue weighted by Crippen LogP contribution is -2.19. The first-order valence-electron chi connectivity index (χ1n) is 7.93. The Morgan fingerprint density at radius 2 is 1.92 bits per heavy atom. The van der Waals surface area contributed by atoms with Crippen LogP contribution in [0.1, 0.15) is 11.1 Å². The summed E-state index contributed by atoms with van der Waals surface area (Å²) in [5.41, 5.74) is 3.69. The van der Waals surface area contributed by atoms with Crippen LogP contribution < -0.4 is 15.4 Å². The van der Waals surface area contributed by atoms with Crippen molar-refractivity contribution in [3.63, 3.8) is 0 Å². The van der Waals surface area contributed by atoms with Gasteiger partial charge >= 0.3 is 6.03 Å². The van der Waals surface area contributed by atoms with Gasteiger partial charge in [-0.3, -0.25) is 4.68 Å². The van der Waals surface area contributed by atoms with Crippen molar-refractivity contribution in [3.05, 3.63) is 72.1 Å². The fraction of sp³-hybridized carbons (Fsp3) is 0.158. The number of ether oxygens (including phenoxy) is 1. The molecule has 6 nitrogen and oxygen atoms in total. The summed E-state index contributed by atoms with van der Waals surface area (Å²) < 4.78 is 6.93. The highest BCUT2D eigenvalue weighted by atomic mass is 16.5. The lowest BCUT2D eigenvalue weighted by molar-refractivity contribution is 0.262. The normalized spacial score (nSPS) is 10.3. The summed E-state index contributed by atoms with van der Waals surface area (Å²) in [6, 6.07) is 15.0. The number of aryl methyl sites for hydroxylation is 1. The van der Waals surface area contributed by atoms with Gasteiger partial charge in [0, 0.05) is 18.0 Å². The van der Waals surface area contributed by atoms with E-state index in [2.05, 4.69) is 34.8 Å². The first-order valence-corrected chi connectivity index (χ1v) is 7.93. The van der Waals surface area contributed by atoms with Gasteiger partial charge in [-0.1, -0.05) is 30.3 Å². The molecule has 2 N–H and O–H groups in total. The highest BCUT2D eigenvalue weighted by Crippen LogP contribution is 2.17. The second-order valence-corrected chi connectivity index (χ2v) is 5.66. The number of hydrogen-bond acceptors (Lipinski definition) is 3. The minimum absolute atomic E-state index is 0.330. The number of carbonyl (C=O) groups excluding carboxylic acids is 1. The van der Waals surface area contributed by atoms with Crippen LogP contribution in [0.4, 0.5) is 16.2 Å².